The quantitative estimate of drug-likeness (QED) is 0.0495. The molecular formula is C48H70N2O10. The number of nitrogens with one attached hydrogen (secondary N) is 1. The summed E-state index contributed by atoms with van der Waals surface area (Å²) in [6.45, 7) is 20.9. The van der Waals surface area contributed by atoms with E-state index in [9.17, 15) is 28.8 Å². The number of esters is 1. The number of anilines is 1. The highest BCUT2D eigenvalue weighted by Crippen LogP contribution is 2.36. The molecular weight excluding hydrogens is 765 g/mol. The number of rotatable bonds is 23. The van der Waals surface area contributed by atoms with Gasteiger partial charge in [-0.25, -0.2) is 9.69 Å². The molecule has 2 unspecified atom stereocenters. The fraction of sp³-hybridized carbons (Fsp3) is 0.625. The van der Waals surface area contributed by atoms with Gasteiger partial charge in [-0.3, -0.25) is 24.0 Å². The molecule has 2 aromatic carbocycles. The number of Topliss-reactive ketones (excluding diaryl/α,β-unsaturated/α-hetero) is 2. The molecule has 60 heavy (non-hydrogen) atoms. The van der Waals surface area contributed by atoms with Crippen LogP contribution in [0.25, 0.3) is 0 Å². The minimum atomic E-state index is -1.74. The number of hydrogen-bond acceptors (Lipinski definition) is 10. The minimum absolute atomic E-state index is 0.286. The van der Waals surface area contributed by atoms with Crippen LogP contribution in [-0.4, -0.2) is 64.2 Å². The van der Waals surface area contributed by atoms with Crippen molar-refractivity contribution in [2.75, 3.05) is 5.32 Å². The molecule has 3 amide bonds. The molecule has 0 bridgehead atoms. The number of ether oxygens (including phenoxy) is 4. The van der Waals surface area contributed by atoms with Crippen molar-refractivity contribution >= 4 is 41.1 Å². The van der Waals surface area contributed by atoms with Gasteiger partial charge in [0.25, 0.3) is 11.8 Å². The van der Waals surface area contributed by atoms with Crippen molar-refractivity contribution in [3.05, 3.63) is 47.5 Å². The van der Waals surface area contributed by atoms with Crippen LogP contribution in [-0.2, 0) is 40.5 Å². The van der Waals surface area contributed by atoms with Crippen LogP contribution in [0.2, 0.25) is 0 Å². The Morgan fingerprint density at radius 1 is 0.800 bits per heavy atom. The van der Waals surface area contributed by atoms with Crippen molar-refractivity contribution in [1.29, 1.82) is 0 Å². The predicted octanol–water partition coefficient (Wildman–Crippen LogP) is 10.2. The van der Waals surface area contributed by atoms with E-state index in [0.717, 1.165) is 31.2 Å². The van der Waals surface area contributed by atoms with Crippen molar-refractivity contribution < 1.29 is 47.7 Å². The fourth-order valence-corrected chi connectivity index (χ4v) is 7.03. The summed E-state index contributed by atoms with van der Waals surface area (Å²) in [6.07, 6.45) is 9.15. The molecule has 1 aliphatic heterocycles. The highest BCUT2D eigenvalue weighted by atomic mass is 16.6. The number of nitrogens with zero attached hydrogens (tertiary/aromatic N) is 1. The first-order valence-corrected chi connectivity index (χ1v) is 21.7. The molecule has 0 aliphatic carbocycles. The van der Waals surface area contributed by atoms with E-state index in [2.05, 4.69) is 12.2 Å². The van der Waals surface area contributed by atoms with E-state index in [1.165, 1.54) is 59.3 Å². The number of cyclic esters (lactones) is 1. The Morgan fingerprint density at radius 3 is 1.90 bits per heavy atom. The van der Waals surface area contributed by atoms with E-state index in [4.69, 9.17) is 18.9 Å². The summed E-state index contributed by atoms with van der Waals surface area (Å²) in [5, 5.41) is 2.97. The molecule has 332 valence electrons. The Balaban J connectivity index is 1.93. The Hall–Kier alpha value is -4.74. The normalized spacial score (nSPS) is 15.1. The maximum atomic E-state index is 14.2. The van der Waals surface area contributed by atoms with Gasteiger partial charge >= 0.3 is 12.1 Å². The summed E-state index contributed by atoms with van der Waals surface area (Å²) in [7, 11) is 0. The SMILES string of the molecule is CCCCCCCCCCCCC(Oc1ccc(OC(C)=O)c(C(C)(C)C)c1)C(=O)Nc1ccc(OC(C)C)c(CC(=O)C(C(=O)C(C)(C)C)N2C(=O)OC(C)(C)C2=O)c1. The van der Waals surface area contributed by atoms with Crippen LogP contribution in [0.1, 0.15) is 165 Å². The van der Waals surface area contributed by atoms with Crippen LogP contribution < -0.4 is 19.5 Å². The fourth-order valence-electron chi connectivity index (χ4n) is 7.03. The van der Waals surface area contributed by atoms with Crippen LogP contribution >= 0.6 is 0 Å². The number of unbranched alkanes of at least 4 members (excludes halogenated alkanes) is 9. The lowest BCUT2D eigenvalue weighted by Crippen LogP contribution is -2.54. The van der Waals surface area contributed by atoms with E-state index in [1.807, 2.05) is 34.6 Å². The molecule has 1 aliphatic rings. The number of carbonyl (C=O) groups excluding carboxylic acids is 6. The third kappa shape index (κ3) is 14.5. The maximum Gasteiger partial charge on any atom is 0.418 e. The summed E-state index contributed by atoms with van der Waals surface area (Å²) < 4.78 is 23.2. The molecule has 2 aromatic rings. The zero-order chi connectivity index (χ0) is 45.0. The second-order valence-corrected chi connectivity index (χ2v) is 18.8. The molecule has 1 fully saturated rings. The molecule has 0 saturated carbocycles. The molecule has 0 spiro atoms. The Morgan fingerprint density at radius 2 is 1.38 bits per heavy atom. The molecule has 0 aromatic heterocycles. The van der Waals surface area contributed by atoms with Gasteiger partial charge in [0.05, 0.1) is 6.10 Å². The maximum absolute atomic E-state index is 14.2. The molecule has 2 atom stereocenters. The van der Waals surface area contributed by atoms with Crippen LogP contribution in [0.4, 0.5) is 10.5 Å². The number of benzene rings is 2. The number of ketones is 2. The summed E-state index contributed by atoms with van der Waals surface area (Å²) in [5.74, 6) is -1.74. The first-order chi connectivity index (χ1) is 28.0. The molecule has 3 rings (SSSR count). The van der Waals surface area contributed by atoms with Gasteiger partial charge in [0.2, 0.25) is 0 Å². The molecule has 0 radical (unpaired) electrons. The molecule has 1 heterocycles. The van der Waals surface area contributed by atoms with E-state index in [1.54, 1.807) is 57.2 Å². The second kappa shape index (κ2) is 21.7. The van der Waals surface area contributed by atoms with Crippen molar-refractivity contribution in [3.63, 3.8) is 0 Å². The van der Waals surface area contributed by atoms with Gasteiger partial charge in [-0.05, 0) is 82.3 Å². The van der Waals surface area contributed by atoms with Gasteiger partial charge in [-0.1, -0.05) is 106 Å². The standard InChI is InChI=1S/C48H70N2O10/c1-13-14-15-16-17-18-19-20-21-22-23-40(59-35-25-27-39(58-32(4)51)36(30-35)46(5,6)7)43(54)49-34-24-26-38(57-31(2)3)33(28-34)29-37(52)41(42(53)47(8,9)10)50-44(55)48(11,12)60-45(50)56/h24-28,30-31,40-41H,13-23,29H2,1-12H3,(H,49,54). The molecule has 12 heteroatoms. The van der Waals surface area contributed by atoms with E-state index in [0.29, 0.717) is 39.8 Å². The Bertz CT molecular complexity index is 1830. The van der Waals surface area contributed by atoms with E-state index >= 15 is 0 Å². The molecule has 1 saturated heterocycles. The number of amides is 3. The average Bonchev–Trinajstić information content (AvgIpc) is 3.33. The lowest BCUT2D eigenvalue weighted by Gasteiger charge is -2.28. The van der Waals surface area contributed by atoms with Crippen LogP contribution in [0.3, 0.4) is 0 Å². The Kier molecular flexibility index (Phi) is 17.9. The van der Waals surface area contributed by atoms with E-state index in [-0.39, 0.29) is 6.10 Å². The lowest BCUT2D eigenvalue weighted by atomic mass is 9.83. The summed E-state index contributed by atoms with van der Waals surface area (Å²) in [4.78, 5) is 81.0. The molecule has 1 N–H and O–H groups in total. The summed E-state index contributed by atoms with van der Waals surface area (Å²) >= 11 is 0. The monoisotopic (exact) mass is 835 g/mol. The topological polar surface area (TPSA) is 155 Å². The van der Waals surface area contributed by atoms with Crippen LogP contribution in [0.15, 0.2) is 36.4 Å². The third-order valence-corrected chi connectivity index (χ3v) is 10.3. The predicted molar refractivity (Wildman–Crippen MR) is 233 cm³/mol. The highest BCUT2D eigenvalue weighted by Gasteiger charge is 2.54. The van der Waals surface area contributed by atoms with Crippen LogP contribution in [0.5, 0.6) is 17.2 Å². The largest absolute Gasteiger partial charge is 0.491 e. The minimum Gasteiger partial charge on any atom is -0.491 e. The van der Waals surface area contributed by atoms with Gasteiger partial charge in [-0.15, -0.1) is 0 Å². The van der Waals surface area contributed by atoms with Gasteiger partial charge in [0.1, 0.15) is 17.2 Å². The third-order valence-electron chi connectivity index (χ3n) is 10.3. The average molecular weight is 835 g/mol. The number of carbonyl (C=O) groups is 6. The summed E-state index contributed by atoms with van der Waals surface area (Å²) in [5.41, 5.74) is -1.58. The van der Waals surface area contributed by atoms with Crippen molar-refractivity contribution in [2.24, 2.45) is 5.41 Å². The number of imide groups is 1. The zero-order valence-electron chi connectivity index (χ0n) is 38.2. The lowest BCUT2D eigenvalue weighted by molar-refractivity contribution is -0.146. The highest BCUT2D eigenvalue weighted by molar-refractivity contribution is 6.16. The van der Waals surface area contributed by atoms with Crippen LogP contribution in [0, 0.1) is 5.41 Å². The first-order valence-electron chi connectivity index (χ1n) is 21.7. The Labute approximate surface area is 357 Å². The zero-order valence-corrected chi connectivity index (χ0v) is 38.2. The van der Waals surface area contributed by atoms with E-state index < -0.39 is 70.4 Å². The number of hydrogen-bond donors (Lipinski definition) is 1. The molecule has 12 nitrogen and oxygen atoms in total. The van der Waals surface area contributed by atoms with Crippen molar-refractivity contribution in [2.45, 2.75) is 189 Å². The van der Waals surface area contributed by atoms with Crippen molar-refractivity contribution in [3.8, 4) is 17.2 Å². The second-order valence-electron chi connectivity index (χ2n) is 18.8. The van der Waals surface area contributed by atoms with Gasteiger partial charge in [0, 0.05) is 35.6 Å². The summed E-state index contributed by atoms with van der Waals surface area (Å²) in [6, 6.07) is 8.33. The van der Waals surface area contributed by atoms with Crippen molar-refractivity contribution in [1.82, 2.24) is 4.90 Å². The van der Waals surface area contributed by atoms with Gasteiger partial charge in [0.15, 0.2) is 29.3 Å². The van der Waals surface area contributed by atoms with Gasteiger partial charge < -0.3 is 24.3 Å². The van der Waals surface area contributed by atoms with Gasteiger partial charge in [-0.2, -0.15) is 0 Å². The smallest absolute Gasteiger partial charge is 0.418 e. The first kappa shape index (κ1) is 49.6.